The van der Waals surface area contributed by atoms with Crippen LogP contribution in [-0.4, -0.2) is 28.9 Å². The Morgan fingerprint density at radius 1 is 1.36 bits per heavy atom. The molecular formula is C16H20N4O2. The van der Waals surface area contributed by atoms with E-state index in [9.17, 15) is 4.79 Å². The fourth-order valence-electron chi connectivity index (χ4n) is 2.65. The van der Waals surface area contributed by atoms with Crippen LogP contribution in [0.5, 0.6) is 0 Å². The second-order valence-electron chi connectivity index (χ2n) is 5.47. The summed E-state index contributed by atoms with van der Waals surface area (Å²) in [7, 11) is 0. The molecule has 6 nitrogen and oxygen atoms in total. The Morgan fingerprint density at radius 3 is 2.91 bits per heavy atom. The second-order valence-corrected chi connectivity index (χ2v) is 5.47. The summed E-state index contributed by atoms with van der Waals surface area (Å²) in [6.07, 6.45) is 3.86. The molecule has 1 aromatic carbocycles. The summed E-state index contributed by atoms with van der Waals surface area (Å²) < 4.78 is 5.08. The molecule has 0 unspecified atom stereocenters. The molecule has 2 heterocycles. The van der Waals surface area contributed by atoms with Crippen molar-refractivity contribution in [1.82, 2.24) is 9.88 Å². The van der Waals surface area contributed by atoms with E-state index < -0.39 is 0 Å². The van der Waals surface area contributed by atoms with Gasteiger partial charge in [0, 0.05) is 12.2 Å². The lowest BCUT2D eigenvalue weighted by Gasteiger charge is -2.15. The number of hydrogen-bond donors (Lipinski definition) is 2. The number of aromatic nitrogens is 1. The lowest BCUT2D eigenvalue weighted by Crippen LogP contribution is -2.18. The third-order valence-electron chi connectivity index (χ3n) is 3.75. The van der Waals surface area contributed by atoms with Gasteiger partial charge in [-0.15, -0.1) is 0 Å². The molecule has 22 heavy (non-hydrogen) atoms. The summed E-state index contributed by atoms with van der Waals surface area (Å²) >= 11 is 0. The minimum atomic E-state index is -0.290. The maximum absolute atomic E-state index is 12.1. The third kappa shape index (κ3) is 3.52. The number of nitrogens with zero attached hydrogens (tertiary/aromatic N) is 2. The number of hydrogen-bond acceptors (Lipinski definition) is 5. The number of rotatable bonds is 5. The molecule has 6 heteroatoms. The Balaban J connectivity index is 1.65. The van der Waals surface area contributed by atoms with Crippen molar-refractivity contribution in [3.8, 4) is 0 Å². The number of nitrogens with two attached hydrogens (primary N) is 1. The molecule has 1 saturated heterocycles. The molecule has 0 bridgehead atoms. The van der Waals surface area contributed by atoms with E-state index in [1.165, 1.54) is 24.7 Å². The molecular weight excluding hydrogens is 280 g/mol. The zero-order chi connectivity index (χ0) is 15.4. The highest BCUT2D eigenvalue weighted by Gasteiger charge is 2.14. The summed E-state index contributed by atoms with van der Waals surface area (Å²) in [5.41, 5.74) is 7.62. The van der Waals surface area contributed by atoms with E-state index in [4.69, 9.17) is 10.2 Å². The lowest BCUT2D eigenvalue weighted by atomic mass is 10.2. The van der Waals surface area contributed by atoms with Crippen LogP contribution in [0.15, 0.2) is 34.9 Å². The fraction of sp³-hybridized carbons (Fsp3) is 0.375. The maximum atomic E-state index is 12.1. The molecule has 1 aliphatic rings. The highest BCUT2D eigenvalue weighted by atomic mass is 16.3. The number of amides is 1. The average molecular weight is 300 g/mol. The predicted molar refractivity (Wildman–Crippen MR) is 83.3 cm³/mol. The summed E-state index contributed by atoms with van der Waals surface area (Å²) in [6, 6.07) is 7.90. The Labute approximate surface area is 129 Å². The molecule has 3 N–H and O–H groups in total. The minimum Gasteiger partial charge on any atom is -0.447 e. The van der Waals surface area contributed by atoms with Crippen molar-refractivity contribution in [2.75, 3.05) is 18.4 Å². The van der Waals surface area contributed by atoms with E-state index in [1.807, 2.05) is 18.2 Å². The summed E-state index contributed by atoms with van der Waals surface area (Å²) in [6.45, 7) is 3.40. The standard InChI is InChI=1S/C16H20N4O2/c17-9-15-19-14(11-22-15)16(21)18-13-5-3-4-12(8-13)10-20-6-1-2-7-20/h3-5,8,11H,1-2,6-7,9-10,17H2,(H,18,21). The quantitative estimate of drug-likeness (QED) is 0.882. The summed E-state index contributed by atoms with van der Waals surface area (Å²) in [4.78, 5) is 18.6. The van der Waals surface area contributed by atoms with Gasteiger partial charge in [-0.2, -0.15) is 0 Å². The van der Waals surface area contributed by atoms with Gasteiger partial charge in [0.05, 0.1) is 6.54 Å². The molecule has 0 spiro atoms. The number of anilines is 1. The smallest absolute Gasteiger partial charge is 0.277 e. The van der Waals surface area contributed by atoms with Crippen molar-refractivity contribution in [3.63, 3.8) is 0 Å². The van der Waals surface area contributed by atoms with Crippen LogP contribution in [0.2, 0.25) is 0 Å². The van der Waals surface area contributed by atoms with Crippen LogP contribution in [-0.2, 0) is 13.1 Å². The first-order valence-electron chi connectivity index (χ1n) is 7.52. The molecule has 0 saturated carbocycles. The van der Waals surface area contributed by atoms with Crippen molar-refractivity contribution in [2.45, 2.75) is 25.9 Å². The zero-order valence-electron chi connectivity index (χ0n) is 12.4. The van der Waals surface area contributed by atoms with Crippen molar-refractivity contribution >= 4 is 11.6 Å². The highest BCUT2D eigenvalue weighted by molar-refractivity contribution is 6.02. The normalized spacial score (nSPS) is 15.1. The van der Waals surface area contributed by atoms with Gasteiger partial charge in [-0.3, -0.25) is 9.69 Å². The van der Waals surface area contributed by atoms with Gasteiger partial charge in [0.2, 0.25) is 5.89 Å². The van der Waals surface area contributed by atoms with Gasteiger partial charge < -0.3 is 15.5 Å². The molecule has 3 rings (SSSR count). The SMILES string of the molecule is NCc1nc(C(=O)Nc2cccc(CN3CCCC3)c2)co1. The molecule has 1 amide bonds. The highest BCUT2D eigenvalue weighted by Crippen LogP contribution is 2.16. The number of likely N-dealkylation sites (tertiary alicyclic amines) is 1. The van der Waals surface area contributed by atoms with Crippen molar-refractivity contribution in [3.05, 3.63) is 47.7 Å². The van der Waals surface area contributed by atoms with Gasteiger partial charge >= 0.3 is 0 Å². The van der Waals surface area contributed by atoms with Crippen molar-refractivity contribution in [1.29, 1.82) is 0 Å². The van der Waals surface area contributed by atoms with Gasteiger partial charge in [-0.25, -0.2) is 4.98 Å². The molecule has 116 valence electrons. The number of benzene rings is 1. The van der Waals surface area contributed by atoms with E-state index >= 15 is 0 Å². The number of nitrogens with one attached hydrogen (secondary N) is 1. The van der Waals surface area contributed by atoms with E-state index in [1.54, 1.807) is 0 Å². The first kappa shape index (κ1) is 14.7. The largest absolute Gasteiger partial charge is 0.447 e. The Kier molecular flexibility index (Phi) is 4.50. The van der Waals surface area contributed by atoms with Crippen LogP contribution in [0.3, 0.4) is 0 Å². The minimum absolute atomic E-state index is 0.179. The fourth-order valence-corrected chi connectivity index (χ4v) is 2.65. The van der Waals surface area contributed by atoms with E-state index in [0.29, 0.717) is 5.89 Å². The van der Waals surface area contributed by atoms with Crippen LogP contribution < -0.4 is 11.1 Å². The van der Waals surface area contributed by atoms with Crippen LogP contribution >= 0.6 is 0 Å². The van der Waals surface area contributed by atoms with E-state index in [0.717, 1.165) is 25.3 Å². The van der Waals surface area contributed by atoms with Gasteiger partial charge in [0.15, 0.2) is 5.69 Å². The molecule has 2 aromatic rings. The molecule has 1 aliphatic heterocycles. The molecule has 1 aromatic heterocycles. The van der Waals surface area contributed by atoms with E-state index in [-0.39, 0.29) is 18.1 Å². The van der Waals surface area contributed by atoms with Crippen molar-refractivity contribution < 1.29 is 9.21 Å². The molecule has 0 radical (unpaired) electrons. The lowest BCUT2D eigenvalue weighted by molar-refractivity contribution is 0.102. The second kappa shape index (κ2) is 6.72. The average Bonchev–Trinajstić information content (AvgIpc) is 3.18. The number of carbonyl (C=O) groups is 1. The molecule has 0 atom stereocenters. The van der Waals surface area contributed by atoms with E-state index in [2.05, 4.69) is 21.3 Å². The number of oxazole rings is 1. The van der Waals surface area contributed by atoms with Gasteiger partial charge in [-0.05, 0) is 43.6 Å². The maximum Gasteiger partial charge on any atom is 0.277 e. The third-order valence-corrected chi connectivity index (χ3v) is 3.75. The first-order chi connectivity index (χ1) is 10.7. The number of carbonyl (C=O) groups excluding carboxylic acids is 1. The van der Waals surface area contributed by atoms with Crippen LogP contribution in [0.4, 0.5) is 5.69 Å². The van der Waals surface area contributed by atoms with Crippen LogP contribution in [0, 0.1) is 0 Å². The zero-order valence-corrected chi connectivity index (χ0v) is 12.4. The topological polar surface area (TPSA) is 84.4 Å². The Hall–Kier alpha value is -2.18. The van der Waals surface area contributed by atoms with Gasteiger partial charge in [-0.1, -0.05) is 12.1 Å². The Morgan fingerprint density at radius 2 is 2.18 bits per heavy atom. The molecule has 0 aliphatic carbocycles. The van der Waals surface area contributed by atoms with Gasteiger partial charge in [0.1, 0.15) is 6.26 Å². The van der Waals surface area contributed by atoms with Crippen molar-refractivity contribution in [2.24, 2.45) is 5.73 Å². The monoisotopic (exact) mass is 300 g/mol. The predicted octanol–water partition coefficient (Wildman–Crippen LogP) is 1.98. The Bertz CT molecular complexity index is 647. The molecule has 1 fully saturated rings. The van der Waals surface area contributed by atoms with Crippen LogP contribution in [0.25, 0.3) is 0 Å². The first-order valence-corrected chi connectivity index (χ1v) is 7.52. The van der Waals surface area contributed by atoms with Crippen LogP contribution in [0.1, 0.15) is 34.8 Å². The summed E-state index contributed by atoms with van der Waals surface area (Å²) in [5, 5.41) is 2.84. The van der Waals surface area contributed by atoms with Gasteiger partial charge in [0.25, 0.3) is 5.91 Å². The summed E-state index contributed by atoms with van der Waals surface area (Å²) in [5.74, 6) is 0.0645.